The van der Waals surface area contributed by atoms with Crippen molar-refractivity contribution in [1.29, 1.82) is 0 Å². The molecule has 2 fully saturated rings. The van der Waals surface area contributed by atoms with Gasteiger partial charge in [-0.15, -0.1) is 0 Å². The molecule has 4 heteroatoms. The molecule has 2 heterocycles. The van der Waals surface area contributed by atoms with Crippen molar-refractivity contribution in [3.05, 3.63) is 0 Å². The van der Waals surface area contributed by atoms with Crippen LogP contribution in [0.5, 0.6) is 0 Å². The second kappa shape index (κ2) is 2.94. The molecular formula is C9H14FNO2. The first kappa shape index (κ1) is 8.94. The Morgan fingerprint density at radius 1 is 1.46 bits per heavy atom. The first-order valence-electron chi connectivity index (χ1n) is 4.74. The summed E-state index contributed by atoms with van der Waals surface area (Å²) in [7, 11) is 0. The van der Waals surface area contributed by atoms with E-state index in [0.717, 1.165) is 12.8 Å². The highest BCUT2D eigenvalue weighted by Gasteiger charge is 2.45. The number of hydrogen-bond acceptors (Lipinski definition) is 2. The average Bonchev–Trinajstić information content (AvgIpc) is 2.27. The molecule has 0 spiro atoms. The van der Waals surface area contributed by atoms with Crippen LogP contribution in [0.2, 0.25) is 0 Å². The van der Waals surface area contributed by atoms with E-state index in [2.05, 4.69) is 5.32 Å². The molecule has 3 nitrogen and oxygen atoms in total. The molecule has 0 aromatic heterocycles. The molecule has 2 saturated heterocycles. The smallest absolute Gasteiger partial charge is 0.306 e. The van der Waals surface area contributed by atoms with E-state index in [0.29, 0.717) is 12.8 Å². The van der Waals surface area contributed by atoms with Crippen molar-refractivity contribution in [3.8, 4) is 0 Å². The molecule has 0 aromatic carbocycles. The summed E-state index contributed by atoms with van der Waals surface area (Å²) in [5.74, 6) is -1.02. The van der Waals surface area contributed by atoms with Crippen molar-refractivity contribution >= 4 is 5.97 Å². The number of nitrogens with one attached hydrogen (secondary N) is 1. The second-order valence-corrected chi connectivity index (χ2v) is 4.27. The van der Waals surface area contributed by atoms with Crippen LogP contribution in [-0.2, 0) is 4.79 Å². The number of hydrogen-bond donors (Lipinski definition) is 2. The van der Waals surface area contributed by atoms with Crippen molar-refractivity contribution < 1.29 is 14.3 Å². The summed E-state index contributed by atoms with van der Waals surface area (Å²) in [4.78, 5) is 10.4. The predicted molar refractivity (Wildman–Crippen MR) is 45.3 cm³/mol. The van der Waals surface area contributed by atoms with Crippen LogP contribution in [0.1, 0.15) is 32.1 Å². The summed E-state index contributed by atoms with van der Waals surface area (Å²) in [6, 6.07) is 0.422. The van der Waals surface area contributed by atoms with E-state index >= 15 is 0 Å². The van der Waals surface area contributed by atoms with E-state index < -0.39 is 11.6 Å². The van der Waals surface area contributed by atoms with E-state index in [1.54, 1.807) is 0 Å². The van der Waals surface area contributed by atoms with Gasteiger partial charge in [-0.1, -0.05) is 0 Å². The fourth-order valence-corrected chi connectivity index (χ4v) is 2.61. The Balaban J connectivity index is 2.03. The van der Waals surface area contributed by atoms with Gasteiger partial charge in [0.1, 0.15) is 5.67 Å². The number of carbonyl (C=O) groups is 1. The molecule has 2 atom stereocenters. The maximum Gasteiger partial charge on any atom is 0.306 e. The van der Waals surface area contributed by atoms with Crippen LogP contribution >= 0.6 is 0 Å². The second-order valence-electron chi connectivity index (χ2n) is 4.27. The Hall–Kier alpha value is -0.640. The number of piperidine rings is 1. The summed E-state index contributed by atoms with van der Waals surface area (Å²) in [5, 5.41) is 11.8. The Labute approximate surface area is 76.3 Å². The molecule has 0 amide bonds. The highest BCUT2D eigenvalue weighted by molar-refractivity contribution is 5.68. The molecule has 74 valence electrons. The van der Waals surface area contributed by atoms with Gasteiger partial charge in [0, 0.05) is 12.1 Å². The predicted octanol–water partition coefficient (Wildman–Crippen LogP) is 1.08. The number of aliphatic carboxylic acids is 1. The van der Waals surface area contributed by atoms with Gasteiger partial charge < -0.3 is 10.4 Å². The zero-order valence-electron chi connectivity index (χ0n) is 7.42. The van der Waals surface area contributed by atoms with Gasteiger partial charge in [-0.05, 0) is 25.7 Å². The molecule has 2 rings (SSSR count). The van der Waals surface area contributed by atoms with Crippen molar-refractivity contribution in [2.45, 2.75) is 49.9 Å². The molecule has 2 aliphatic rings. The highest BCUT2D eigenvalue weighted by Crippen LogP contribution is 2.38. The van der Waals surface area contributed by atoms with Gasteiger partial charge >= 0.3 is 5.97 Å². The Morgan fingerprint density at radius 3 is 2.46 bits per heavy atom. The quantitative estimate of drug-likeness (QED) is 0.680. The van der Waals surface area contributed by atoms with E-state index in [9.17, 15) is 9.18 Å². The molecule has 0 radical (unpaired) electrons. The minimum Gasteiger partial charge on any atom is -0.481 e. The van der Waals surface area contributed by atoms with Gasteiger partial charge in [-0.3, -0.25) is 4.79 Å². The summed E-state index contributed by atoms with van der Waals surface area (Å²) in [5.41, 5.74) is -1.46. The molecule has 0 aromatic rings. The topological polar surface area (TPSA) is 49.3 Å². The largest absolute Gasteiger partial charge is 0.481 e. The molecule has 2 N–H and O–H groups in total. The van der Waals surface area contributed by atoms with Gasteiger partial charge in [0.25, 0.3) is 0 Å². The van der Waals surface area contributed by atoms with E-state index in [4.69, 9.17) is 5.11 Å². The van der Waals surface area contributed by atoms with Crippen LogP contribution in [0.4, 0.5) is 4.39 Å². The lowest BCUT2D eigenvalue weighted by Gasteiger charge is -2.33. The van der Waals surface area contributed by atoms with Crippen molar-refractivity contribution in [1.82, 2.24) is 5.32 Å². The zero-order valence-corrected chi connectivity index (χ0v) is 7.42. The van der Waals surface area contributed by atoms with Crippen LogP contribution in [0.15, 0.2) is 0 Å². The Kier molecular flexibility index (Phi) is 2.02. The van der Waals surface area contributed by atoms with Gasteiger partial charge in [0.05, 0.1) is 6.42 Å². The molecule has 13 heavy (non-hydrogen) atoms. The summed E-state index contributed by atoms with van der Waals surface area (Å²) in [6.45, 7) is 0. The number of carboxylic acids is 1. The van der Waals surface area contributed by atoms with Crippen molar-refractivity contribution in [3.63, 3.8) is 0 Å². The van der Waals surface area contributed by atoms with Crippen LogP contribution in [-0.4, -0.2) is 28.8 Å². The van der Waals surface area contributed by atoms with Gasteiger partial charge in [-0.2, -0.15) is 0 Å². The SMILES string of the molecule is O=C(O)CC1(F)CC2CCC(C1)N2. The molecule has 2 bridgehead atoms. The summed E-state index contributed by atoms with van der Waals surface area (Å²) >= 11 is 0. The standard InChI is InChI=1S/C9H14FNO2/c10-9(5-8(12)13)3-6-1-2-7(4-9)11-6/h6-7,11H,1-5H2,(H,12,13). The number of alkyl halides is 1. The zero-order chi connectivity index (χ0) is 9.47. The first-order chi connectivity index (χ1) is 6.07. The van der Waals surface area contributed by atoms with Crippen LogP contribution < -0.4 is 5.32 Å². The maximum atomic E-state index is 13.9. The fraction of sp³-hybridized carbons (Fsp3) is 0.889. The third-order valence-corrected chi connectivity index (χ3v) is 3.03. The third-order valence-electron chi connectivity index (χ3n) is 3.03. The Bertz CT molecular complexity index is 220. The van der Waals surface area contributed by atoms with Gasteiger partial charge in [0.2, 0.25) is 0 Å². The van der Waals surface area contributed by atoms with Crippen molar-refractivity contribution in [2.75, 3.05) is 0 Å². The van der Waals surface area contributed by atoms with Crippen LogP contribution in [0, 0.1) is 0 Å². The molecule has 0 saturated carbocycles. The Morgan fingerprint density at radius 2 is 2.00 bits per heavy atom. The van der Waals surface area contributed by atoms with E-state index in [-0.39, 0.29) is 18.5 Å². The number of fused-ring (bicyclic) bond motifs is 2. The molecule has 2 aliphatic heterocycles. The molecular weight excluding hydrogens is 173 g/mol. The number of halogens is 1. The lowest BCUT2D eigenvalue weighted by Crippen LogP contribution is -2.46. The lowest BCUT2D eigenvalue weighted by molar-refractivity contribution is -0.141. The van der Waals surface area contributed by atoms with Gasteiger partial charge in [-0.25, -0.2) is 4.39 Å². The average molecular weight is 187 g/mol. The fourth-order valence-electron chi connectivity index (χ4n) is 2.61. The minimum atomic E-state index is -1.46. The molecule has 0 aliphatic carbocycles. The minimum absolute atomic E-state index is 0.211. The van der Waals surface area contributed by atoms with Crippen LogP contribution in [0.25, 0.3) is 0 Å². The first-order valence-corrected chi connectivity index (χ1v) is 4.74. The third kappa shape index (κ3) is 1.82. The number of rotatable bonds is 2. The van der Waals surface area contributed by atoms with E-state index in [1.165, 1.54) is 0 Å². The lowest BCUT2D eigenvalue weighted by atomic mass is 9.86. The van der Waals surface area contributed by atoms with Crippen LogP contribution in [0.3, 0.4) is 0 Å². The summed E-state index contributed by atoms with van der Waals surface area (Å²) in [6.07, 6.45) is 2.40. The normalized spacial score (nSPS) is 43.5. The monoisotopic (exact) mass is 187 g/mol. The number of carboxylic acid groups (broad SMARTS) is 1. The summed E-state index contributed by atoms with van der Waals surface area (Å²) < 4.78 is 13.9. The van der Waals surface area contributed by atoms with Crippen molar-refractivity contribution in [2.24, 2.45) is 0 Å². The van der Waals surface area contributed by atoms with Gasteiger partial charge in [0.15, 0.2) is 0 Å². The van der Waals surface area contributed by atoms with E-state index in [1.807, 2.05) is 0 Å². The molecule has 2 unspecified atom stereocenters. The maximum absolute atomic E-state index is 13.9. The highest BCUT2D eigenvalue weighted by atomic mass is 19.1.